The van der Waals surface area contributed by atoms with E-state index in [1.165, 1.54) is 11.1 Å². The summed E-state index contributed by atoms with van der Waals surface area (Å²) in [6.07, 6.45) is 4.30. The second-order valence-electron chi connectivity index (χ2n) is 4.16. The van der Waals surface area contributed by atoms with Gasteiger partial charge in [-0.15, -0.1) is 0 Å². The van der Waals surface area contributed by atoms with Gasteiger partial charge in [0.15, 0.2) is 0 Å². The summed E-state index contributed by atoms with van der Waals surface area (Å²) in [5.41, 5.74) is 4.40. The van der Waals surface area contributed by atoms with Crippen LogP contribution in [-0.4, -0.2) is 0 Å². The zero-order valence-corrected chi connectivity index (χ0v) is 9.30. The maximum Gasteiger partial charge on any atom is 0.0994 e. The number of nitrogens with zero attached hydrogens (tertiary/aromatic N) is 1. The molecule has 0 fully saturated rings. The van der Waals surface area contributed by atoms with Crippen molar-refractivity contribution < 1.29 is 0 Å². The van der Waals surface area contributed by atoms with Crippen molar-refractivity contribution in [3.8, 4) is 6.07 Å². The van der Waals surface area contributed by atoms with E-state index in [0.717, 1.165) is 11.1 Å². The summed E-state index contributed by atoms with van der Waals surface area (Å²) >= 11 is 0. The summed E-state index contributed by atoms with van der Waals surface area (Å²) in [5, 5.41) is 9.15. The van der Waals surface area contributed by atoms with Gasteiger partial charge in [-0.05, 0) is 22.8 Å². The zero-order chi connectivity index (χ0) is 11.7. The highest BCUT2D eigenvalue weighted by Crippen LogP contribution is 2.36. The Balaban J connectivity index is 2.14. The van der Waals surface area contributed by atoms with Gasteiger partial charge < -0.3 is 0 Å². The molecule has 0 spiro atoms. The van der Waals surface area contributed by atoms with Gasteiger partial charge in [0.1, 0.15) is 0 Å². The van der Waals surface area contributed by atoms with E-state index in [9.17, 15) is 0 Å². The summed E-state index contributed by atoms with van der Waals surface area (Å²) < 4.78 is 0. The van der Waals surface area contributed by atoms with Crippen LogP contribution in [0.1, 0.15) is 28.2 Å². The fraction of sp³-hybridized carbons (Fsp3) is 0.0625. The van der Waals surface area contributed by atoms with Gasteiger partial charge in [-0.1, -0.05) is 54.6 Å². The van der Waals surface area contributed by atoms with Crippen molar-refractivity contribution in [2.75, 3.05) is 0 Å². The maximum atomic E-state index is 9.15. The molecule has 1 unspecified atom stereocenters. The van der Waals surface area contributed by atoms with Crippen molar-refractivity contribution in [2.45, 2.75) is 5.92 Å². The van der Waals surface area contributed by atoms with E-state index in [0.29, 0.717) is 0 Å². The predicted octanol–water partition coefficient (Wildman–Crippen LogP) is 3.72. The minimum atomic E-state index is 0.224. The van der Waals surface area contributed by atoms with Crippen LogP contribution in [0.3, 0.4) is 0 Å². The van der Waals surface area contributed by atoms with Crippen LogP contribution in [0.25, 0.3) is 6.08 Å². The van der Waals surface area contributed by atoms with E-state index in [2.05, 4.69) is 30.4 Å². The van der Waals surface area contributed by atoms with Gasteiger partial charge in [0, 0.05) is 5.92 Å². The smallest absolute Gasteiger partial charge is 0.0994 e. The summed E-state index contributed by atoms with van der Waals surface area (Å²) in [6.45, 7) is 0. The number of benzene rings is 2. The molecule has 0 N–H and O–H groups in total. The molecule has 80 valence electrons. The first-order valence-corrected chi connectivity index (χ1v) is 5.66. The van der Waals surface area contributed by atoms with Crippen LogP contribution in [0.4, 0.5) is 0 Å². The van der Waals surface area contributed by atoms with Crippen molar-refractivity contribution in [2.24, 2.45) is 0 Å². The van der Waals surface area contributed by atoms with Gasteiger partial charge >= 0.3 is 0 Å². The molecule has 2 aromatic carbocycles. The Morgan fingerprint density at radius 1 is 0.882 bits per heavy atom. The number of hydrogen-bond donors (Lipinski definition) is 0. The topological polar surface area (TPSA) is 23.8 Å². The van der Waals surface area contributed by atoms with Crippen LogP contribution >= 0.6 is 0 Å². The Morgan fingerprint density at radius 3 is 2.41 bits per heavy atom. The normalized spacial score (nSPS) is 16.5. The van der Waals surface area contributed by atoms with E-state index in [-0.39, 0.29) is 5.92 Å². The summed E-state index contributed by atoms with van der Waals surface area (Å²) in [4.78, 5) is 0. The largest absolute Gasteiger partial charge is 0.192 e. The molecule has 1 heteroatoms. The summed E-state index contributed by atoms with van der Waals surface area (Å²) in [7, 11) is 0. The third-order valence-electron chi connectivity index (χ3n) is 3.22. The van der Waals surface area contributed by atoms with Crippen molar-refractivity contribution in [3.05, 3.63) is 76.9 Å². The highest BCUT2D eigenvalue weighted by molar-refractivity contribution is 5.66. The second-order valence-corrected chi connectivity index (χ2v) is 4.16. The van der Waals surface area contributed by atoms with E-state index in [1.54, 1.807) is 0 Å². The third kappa shape index (κ3) is 1.55. The zero-order valence-electron chi connectivity index (χ0n) is 9.30. The first-order valence-electron chi connectivity index (χ1n) is 5.66. The van der Waals surface area contributed by atoms with Gasteiger partial charge in [-0.2, -0.15) is 5.26 Å². The minimum Gasteiger partial charge on any atom is -0.192 e. The number of fused-ring (bicyclic) bond motifs is 1. The SMILES string of the molecule is N#Cc1ccccc1C1C=Cc2ccccc21. The lowest BCUT2D eigenvalue weighted by atomic mass is 9.90. The maximum absolute atomic E-state index is 9.15. The molecule has 0 saturated heterocycles. The Hall–Kier alpha value is -2.33. The van der Waals surface area contributed by atoms with Crippen LogP contribution in [0.15, 0.2) is 54.6 Å². The molecule has 1 atom stereocenters. The molecule has 2 aromatic rings. The highest BCUT2D eigenvalue weighted by atomic mass is 14.3. The highest BCUT2D eigenvalue weighted by Gasteiger charge is 2.20. The number of hydrogen-bond acceptors (Lipinski definition) is 1. The first-order chi connectivity index (χ1) is 8.40. The molecule has 3 rings (SSSR count). The van der Waals surface area contributed by atoms with Crippen LogP contribution in [-0.2, 0) is 0 Å². The van der Waals surface area contributed by atoms with Crippen LogP contribution < -0.4 is 0 Å². The Bertz CT molecular complexity index is 632. The van der Waals surface area contributed by atoms with Crippen molar-refractivity contribution in [3.63, 3.8) is 0 Å². The number of allylic oxidation sites excluding steroid dienone is 1. The van der Waals surface area contributed by atoms with Crippen LogP contribution in [0.2, 0.25) is 0 Å². The first kappa shape index (κ1) is 9.86. The van der Waals surface area contributed by atoms with Crippen LogP contribution in [0, 0.1) is 11.3 Å². The lowest BCUT2D eigenvalue weighted by Crippen LogP contribution is -1.98. The number of nitriles is 1. The fourth-order valence-electron chi connectivity index (χ4n) is 2.39. The Labute approximate surface area is 101 Å². The van der Waals surface area contributed by atoms with Gasteiger partial charge in [-0.25, -0.2) is 0 Å². The molecule has 17 heavy (non-hydrogen) atoms. The molecule has 0 heterocycles. The molecule has 0 aliphatic heterocycles. The van der Waals surface area contributed by atoms with Gasteiger partial charge in [-0.3, -0.25) is 0 Å². The molecule has 0 amide bonds. The van der Waals surface area contributed by atoms with Gasteiger partial charge in [0.2, 0.25) is 0 Å². The second kappa shape index (κ2) is 3.92. The lowest BCUT2D eigenvalue weighted by Gasteiger charge is -2.12. The van der Waals surface area contributed by atoms with Crippen molar-refractivity contribution in [1.82, 2.24) is 0 Å². The van der Waals surface area contributed by atoms with Gasteiger partial charge in [0.25, 0.3) is 0 Å². The van der Waals surface area contributed by atoms with Gasteiger partial charge in [0.05, 0.1) is 11.6 Å². The molecule has 1 aliphatic carbocycles. The molecule has 1 aliphatic rings. The molecule has 0 bridgehead atoms. The molecule has 0 aromatic heterocycles. The van der Waals surface area contributed by atoms with E-state index in [4.69, 9.17) is 5.26 Å². The third-order valence-corrected chi connectivity index (χ3v) is 3.22. The quantitative estimate of drug-likeness (QED) is 0.714. The van der Waals surface area contributed by atoms with E-state index < -0.39 is 0 Å². The lowest BCUT2D eigenvalue weighted by molar-refractivity contribution is 1.04. The Morgan fingerprint density at radius 2 is 1.59 bits per heavy atom. The van der Waals surface area contributed by atoms with Crippen LogP contribution in [0.5, 0.6) is 0 Å². The molecular weight excluding hydrogens is 206 g/mol. The van der Waals surface area contributed by atoms with E-state index in [1.807, 2.05) is 36.4 Å². The molecule has 0 radical (unpaired) electrons. The van der Waals surface area contributed by atoms with E-state index >= 15 is 0 Å². The summed E-state index contributed by atoms with van der Waals surface area (Å²) in [5.74, 6) is 0.224. The van der Waals surface area contributed by atoms with Crippen molar-refractivity contribution >= 4 is 6.08 Å². The van der Waals surface area contributed by atoms with Crippen molar-refractivity contribution in [1.29, 1.82) is 5.26 Å². The molecule has 0 saturated carbocycles. The number of rotatable bonds is 1. The minimum absolute atomic E-state index is 0.224. The average Bonchev–Trinajstić information content (AvgIpc) is 2.82. The predicted molar refractivity (Wildman–Crippen MR) is 68.5 cm³/mol. The fourth-order valence-corrected chi connectivity index (χ4v) is 2.39. The molecular formula is C16H11N. The molecule has 1 nitrogen and oxygen atoms in total. The Kier molecular flexibility index (Phi) is 2.27. The monoisotopic (exact) mass is 217 g/mol. The average molecular weight is 217 g/mol. The summed E-state index contributed by atoms with van der Waals surface area (Å²) in [6, 6.07) is 18.4. The standard InChI is InChI=1S/C16H11N/c17-11-13-6-2-4-8-15(13)16-10-9-12-5-1-3-7-14(12)16/h1-10,16H.